The molecule has 1 N–H and O–H groups in total. The van der Waals surface area contributed by atoms with Gasteiger partial charge in [-0.05, 0) is 53.6 Å². The minimum absolute atomic E-state index is 0.152. The standard InChI is InChI=1S/C23H25NO4/c1-3-22(28-20-12-10-19(26-2)11-13-20)23(25)24-14-15-27-21-9-8-17-6-4-5-7-18(17)16-21/h4-13,16,22H,3,14-15H2,1-2H3,(H,24,25). The second-order valence-corrected chi connectivity index (χ2v) is 6.34. The topological polar surface area (TPSA) is 56.8 Å². The maximum atomic E-state index is 12.4. The molecule has 1 amide bonds. The first-order valence-corrected chi connectivity index (χ1v) is 9.39. The van der Waals surface area contributed by atoms with E-state index in [9.17, 15) is 4.79 Å². The third-order valence-electron chi connectivity index (χ3n) is 4.39. The molecule has 0 heterocycles. The van der Waals surface area contributed by atoms with E-state index in [1.54, 1.807) is 31.4 Å². The predicted octanol–water partition coefficient (Wildman–Crippen LogP) is 4.20. The van der Waals surface area contributed by atoms with Crippen LogP contribution in [0.15, 0.2) is 66.7 Å². The average molecular weight is 379 g/mol. The van der Waals surface area contributed by atoms with Crippen LogP contribution >= 0.6 is 0 Å². The van der Waals surface area contributed by atoms with Gasteiger partial charge in [-0.25, -0.2) is 0 Å². The smallest absolute Gasteiger partial charge is 0.261 e. The highest BCUT2D eigenvalue weighted by molar-refractivity contribution is 5.83. The number of fused-ring (bicyclic) bond motifs is 1. The van der Waals surface area contributed by atoms with Crippen molar-refractivity contribution in [1.29, 1.82) is 0 Å². The van der Waals surface area contributed by atoms with Gasteiger partial charge in [0.15, 0.2) is 6.10 Å². The molecule has 0 aliphatic heterocycles. The third-order valence-corrected chi connectivity index (χ3v) is 4.39. The average Bonchev–Trinajstić information content (AvgIpc) is 2.75. The summed E-state index contributed by atoms with van der Waals surface area (Å²) in [5.41, 5.74) is 0. The first kappa shape index (κ1) is 19.5. The van der Waals surface area contributed by atoms with E-state index in [-0.39, 0.29) is 5.91 Å². The van der Waals surface area contributed by atoms with Crippen molar-refractivity contribution < 1.29 is 19.0 Å². The maximum Gasteiger partial charge on any atom is 0.261 e. The molecule has 3 rings (SSSR count). The predicted molar refractivity (Wildman–Crippen MR) is 110 cm³/mol. The zero-order valence-corrected chi connectivity index (χ0v) is 16.2. The summed E-state index contributed by atoms with van der Waals surface area (Å²) in [4.78, 5) is 12.4. The van der Waals surface area contributed by atoms with E-state index in [4.69, 9.17) is 14.2 Å². The number of amides is 1. The summed E-state index contributed by atoms with van der Waals surface area (Å²) >= 11 is 0. The number of hydrogen-bond acceptors (Lipinski definition) is 4. The number of nitrogens with one attached hydrogen (secondary N) is 1. The van der Waals surface area contributed by atoms with E-state index in [1.807, 2.05) is 43.3 Å². The molecule has 5 nitrogen and oxygen atoms in total. The lowest BCUT2D eigenvalue weighted by Crippen LogP contribution is -2.39. The first-order chi connectivity index (χ1) is 13.7. The van der Waals surface area contributed by atoms with E-state index < -0.39 is 6.10 Å². The van der Waals surface area contributed by atoms with Gasteiger partial charge < -0.3 is 19.5 Å². The molecular formula is C23H25NO4. The molecule has 0 aromatic heterocycles. The van der Waals surface area contributed by atoms with Crippen molar-refractivity contribution in [3.8, 4) is 17.2 Å². The zero-order chi connectivity index (χ0) is 19.8. The van der Waals surface area contributed by atoms with Crippen LogP contribution in [0.5, 0.6) is 17.2 Å². The molecule has 1 unspecified atom stereocenters. The summed E-state index contributed by atoms with van der Waals surface area (Å²) in [6, 6.07) is 21.3. The lowest BCUT2D eigenvalue weighted by atomic mass is 10.1. The van der Waals surface area contributed by atoms with Gasteiger partial charge in [-0.15, -0.1) is 0 Å². The van der Waals surface area contributed by atoms with Crippen LogP contribution in [0.1, 0.15) is 13.3 Å². The van der Waals surface area contributed by atoms with E-state index in [0.29, 0.717) is 25.3 Å². The Balaban J connectivity index is 1.46. The van der Waals surface area contributed by atoms with Crippen LogP contribution in [-0.4, -0.2) is 32.3 Å². The summed E-state index contributed by atoms with van der Waals surface area (Å²) in [6.45, 7) is 2.72. The van der Waals surface area contributed by atoms with Crippen LogP contribution in [0.2, 0.25) is 0 Å². The summed E-state index contributed by atoms with van der Waals surface area (Å²) < 4.78 is 16.7. The molecule has 0 bridgehead atoms. The second kappa shape index (κ2) is 9.65. The number of methoxy groups -OCH3 is 1. The van der Waals surface area contributed by atoms with Gasteiger partial charge in [0.2, 0.25) is 0 Å². The highest BCUT2D eigenvalue weighted by Gasteiger charge is 2.17. The number of rotatable bonds is 9. The molecule has 146 valence electrons. The van der Waals surface area contributed by atoms with E-state index in [1.165, 1.54) is 5.39 Å². The quantitative estimate of drug-likeness (QED) is 0.566. The molecule has 0 spiro atoms. The largest absolute Gasteiger partial charge is 0.497 e. The normalized spacial score (nSPS) is 11.6. The van der Waals surface area contributed by atoms with Crippen LogP contribution < -0.4 is 19.5 Å². The van der Waals surface area contributed by atoms with Crippen LogP contribution in [-0.2, 0) is 4.79 Å². The Hall–Kier alpha value is -3.21. The van der Waals surface area contributed by atoms with Crippen molar-refractivity contribution >= 4 is 16.7 Å². The van der Waals surface area contributed by atoms with E-state index in [2.05, 4.69) is 11.4 Å². The zero-order valence-electron chi connectivity index (χ0n) is 16.2. The Labute approximate surface area is 165 Å². The Morgan fingerprint density at radius 1 is 0.929 bits per heavy atom. The lowest BCUT2D eigenvalue weighted by molar-refractivity contribution is -0.128. The fraction of sp³-hybridized carbons (Fsp3) is 0.261. The van der Waals surface area contributed by atoms with Crippen LogP contribution in [0.3, 0.4) is 0 Å². The Kier molecular flexibility index (Phi) is 6.73. The van der Waals surface area contributed by atoms with E-state index >= 15 is 0 Å². The molecule has 5 heteroatoms. The molecule has 0 aliphatic rings. The molecular weight excluding hydrogens is 354 g/mol. The van der Waals surface area contributed by atoms with Crippen molar-refractivity contribution in [3.63, 3.8) is 0 Å². The lowest BCUT2D eigenvalue weighted by Gasteiger charge is -2.17. The van der Waals surface area contributed by atoms with Gasteiger partial charge in [-0.3, -0.25) is 4.79 Å². The number of carbonyl (C=O) groups excluding carboxylic acids is 1. The van der Waals surface area contributed by atoms with Gasteiger partial charge >= 0.3 is 0 Å². The van der Waals surface area contributed by atoms with Gasteiger partial charge in [-0.2, -0.15) is 0 Å². The molecule has 0 saturated carbocycles. The van der Waals surface area contributed by atoms with Crippen LogP contribution in [0, 0.1) is 0 Å². The van der Waals surface area contributed by atoms with Crippen molar-refractivity contribution in [2.75, 3.05) is 20.3 Å². The van der Waals surface area contributed by atoms with Crippen molar-refractivity contribution in [1.82, 2.24) is 5.32 Å². The number of carbonyl (C=O) groups is 1. The van der Waals surface area contributed by atoms with E-state index in [0.717, 1.165) is 16.9 Å². The Morgan fingerprint density at radius 3 is 2.32 bits per heavy atom. The summed E-state index contributed by atoms with van der Waals surface area (Å²) in [5, 5.41) is 5.17. The molecule has 28 heavy (non-hydrogen) atoms. The SMILES string of the molecule is CCC(Oc1ccc(OC)cc1)C(=O)NCCOc1ccc2ccccc2c1. The Morgan fingerprint density at radius 2 is 1.61 bits per heavy atom. The minimum atomic E-state index is -0.547. The minimum Gasteiger partial charge on any atom is -0.497 e. The summed E-state index contributed by atoms with van der Waals surface area (Å²) in [5.74, 6) is 2.01. The number of ether oxygens (including phenoxy) is 3. The van der Waals surface area contributed by atoms with Crippen molar-refractivity contribution in [3.05, 3.63) is 66.7 Å². The first-order valence-electron chi connectivity index (χ1n) is 9.39. The monoisotopic (exact) mass is 379 g/mol. The third kappa shape index (κ3) is 5.16. The molecule has 3 aromatic rings. The highest BCUT2D eigenvalue weighted by Crippen LogP contribution is 2.21. The Bertz CT molecular complexity index is 908. The molecule has 0 aliphatic carbocycles. The number of hydrogen-bond donors (Lipinski definition) is 1. The summed E-state index contributed by atoms with van der Waals surface area (Å²) in [6.07, 6.45) is 0.0256. The van der Waals surface area contributed by atoms with Gasteiger partial charge in [0, 0.05) is 0 Å². The van der Waals surface area contributed by atoms with Crippen molar-refractivity contribution in [2.45, 2.75) is 19.4 Å². The van der Waals surface area contributed by atoms with Gasteiger partial charge in [0.1, 0.15) is 23.9 Å². The molecule has 0 fully saturated rings. The van der Waals surface area contributed by atoms with Crippen LogP contribution in [0.4, 0.5) is 0 Å². The molecule has 0 saturated heterocycles. The number of benzene rings is 3. The molecule has 3 aromatic carbocycles. The maximum absolute atomic E-state index is 12.4. The highest BCUT2D eigenvalue weighted by atomic mass is 16.5. The second-order valence-electron chi connectivity index (χ2n) is 6.34. The van der Waals surface area contributed by atoms with Crippen molar-refractivity contribution in [2.24, 2.45) is 0 Å². The molecule has 0 radical (unpaired) electrons. The van der Waals surface area contributed by atoms with Gasteiger partial charge in [0.05, 0.1) is 13.7 Å². The van der Waals surface area contributed by atoms with Gasteiger partial charge in [0.25, 0.3) is 5.91 Å². The summed E-state index contributed by atoms with van der Waals surface area (Å²) in [7, 11) is 1.61. The van der Waals surface area contributed by atoms with Crippen LogP contribution in [0.25, 0.3) is 10.8 Å². The molecule has 1 atom stereocenters. The van der Waals surface area contributed by atoms with Gasteiger partial charge in [-0.1, -0.05) is 37.3 Å². The fourth-order valence-corrected chi connectivity index (χ4v) is 2.85. The fourth-order valence-electron chi connectivity index (χ4n) is 2.85.